The molecule has 0 aromatic heterocycles. The molecule has 0 aliphatic carbocycles. The second kappa shape index (κ2) is 7.20. The fourth-order valence-electron chi connectivity index (χ4n) is 2.35. The van der Waals surface area contributed by atoms with Gasteiger partial charge in [-0.05, 0) is 46.5 Å². The van der Waals surface area contributed by atoms with Crippen LogP contribution in [0.1, 0.15) is 40.5 Å². The Labute approximate surface area is 119 Å². The molecule has 0 aromatic rings. The van der Waals surface area contributed by atoms with Crippen molar-refractivity contribution in [3.8, 4) is 0 Å². The Bertz CT molecular complexity index is 319. The van der Waals surface area contributed by atoms with Gasteiger partial charge in [0.25, 0.3) is 6.43 Å². The topological polar surface area (TPSA) is 41.6 Å². The van der Waals surface area contributed by atoms with Gasteiger partial charge >= 0.3 is 6.09 Å². The molecule has 2 unspecified atom stereocenters. The monoisotopic (exact) mass is 292 g/mol. The van der Waals surface area contributed by atoms with E-state index in [2.05, 4.69) is 5.32 Å². The van der Waals surface area contributed by atoms with Crippen molar-refractivity contribution in [1.82, 2.24) is 10.2 Å². The Kier molecular flexibility index (Phi) is 6.17. The molecule has 0 spiro atoms. The van der Waals surface area contributed by atoms with Gasteiger partial charge < -0.3 is 15.0 Å². The molecule has 118 valence electrons. The molecule has 1 heterocycles. The van der Waals surface area contributed by atoms with E-state index in [9.17, 15) is 13.6 Å². The number of likely N-dealkylation sites (tertiary alicyclic amines) is 1. The maximum Gasteiger partial charge on any atom is 0.410 e. The molecule has 1 amide bonds. The van der Waals surface area contributed by atoms with Crippen molar-refractivity contribution in [2.75, 3.05) is 19.6 Å². The van der Waals surface area contributed by atoms with Gasteiger partial charge in [-0.1, -0.05) is 0 Å². The van der Waals surface area contributed by atoms with E-state index in [-0.39, 0.29) is 24.6 Å². The molecule has 2 atom stereocenters. The lowest BCUT2D eigenvalue weighted by Crippen LogP contribution is -2.48. The lowest BCUT2D eigenvalue weighted by molar-refractivity contribution is 0.0143. The van der Waals surface area contributed by atoms with E-state index in [1.807, 2.05) is 27.7 Å². The zero-order valence-electron chi connectivity index (χ0n) is 12.8. The number of ether oxygens (including phenoxy) is 1. The van der Waals surface area contributed by atoms with Crippen molar-refractivity contribution < 1.29 is 18.3 Å². The minimum Gasteiger partial charge on any atom is -0.444 e. The van der Waals surface area contributed by atoms with Crippen LogP contribution in [0.5, 0.6) is 0 Å². The van der Waals surface area contributed by atoms with Gasteiger partial charge in [0.1, 0.15) is 5.60 Å². The number of carbonyl (C=O) groups is 1. The van der Waals surface area contributed by atoms with Gasteiger partial charge in [-0.15, -0.1) is 0 Å². The third-order valence-electron chi connectivity index (χ3n) is 3.41. The molecule has 0 aromatic carbocycles. The number of piperidine rings is 1. The largest absolute Gasteiger partial charge is 0.444 e. The second-order valence-electron chi connectivity index (χ2n) is 6.42. The quantitative estimate of drug-likeness (QED) is 0.866. The summed E-state index contributed by atoms with van der Waals surface area (Å²) in [4.78, 5) is 13.7. The number of hydrogen-bond donors (Lipinski definition) is 1. The average molecular weight is 292 g/mol. The van der Waals surface area contributed by atoms with E-state index < -0.39 is 12.0 Å². The van der Waals surface area contributed by atoms with E-state index in [1.54, 1.807) is 4.90 Å². The summed E-state index contributed by atoms with van der Waals surface area (Å²) in [7, 11) is 0. The summed E-state index contributed by atoms with van der Waals surface area (Å²) in [5.74, 6) is 0.190. The van der Waals surface area contributed by atoms with Gasteiger partial charge in [0.15, 0.2) is 0 Å². The van der Waals surface area contributed by atoms with E-state index >= 15 is 0 Å². The van der Waals surface area contributed by atoms with E-state index in [0.717, 1.165) is 12.8 Å². The van der Waals surface area contributed by atoms with Crippen LogP contribution in [-0.4, -0.2) is 48.7 Å². The van der Waals surface area contributed by atoms with Crippen LogP contribution in [0.3, 0.4) is 0 Å². The van der Waals surface area contributed by atoms with Gasteiger partial charge in [-0.3, -0.25) is 0 Å². The van der Waals surface area contributed by atoms with E-state index in [0.29, 0.717) is 13.1 Å². The molecule has 4 nitrogen and oxygen atoms in total. The normalized spacial score (nSPS) is 21.9. The van der Waals surface area contributed by atoms with Gasteiger partial charge in [0.2, 0.25) is 0 Å². The second-order valence-corrected chi connectivity index (χ2v) is 6.42. The first-order valence-corrected chi connectivity index (χ1v) is 7.18. The molecule has 1 rings (SSSR count). The SMILES string of the molecule is CC(NCC(F)F)C1CCCN(C(=O)OC(C)(C)C)C1. The minimum atomic E-state index is -2.34. The fourth-order valence-corrected chi connectivity index (χ4v) is 2.35. The molecule has 1 saturated heterocycles. The first-order valence-electron chi connectivity index (χ1n) is 7.18. The van der Waals surface area contributed by atoms with Crippen LogP contribution in [0.25, 0.3) is 0 Å². The maximum absolute atomic E-state index is 12.2. The van der Waals surface area contributed by atoms with Crippen LogP contribution in [0, 0.1) is 5.92 Å². The van der Waals surface area contributed by atoms with E-state index in [1.165, 1.54) is 0 Å². The summed E-state index contributed by atoms with van der Waals surface area (Å²) >= 11 is 0. The summed E-state index contributed by atoms with van der Waals surface area (Å²) in [5, 5.41) is 2.83. The number of amides is 1. The van der Waals surface area contributed by atoms with Crippen molar-refractivity contribution in [1.29, 1.82) is 0 Å². The van der Waals surface area contributed by atoms with Crippen LogP contribution >= 0.6 is 0 Å². The first-order chi connectivity index (χ1) is 9.19. The number of hydrogen-bond acceptors (Lipinski definition) is 3. The van der Waals surface area contributed by atoms with Gasteiger partial charge in [-0.2, -0.15) is 0 Å². The molecule has 20 heavy (non-hydrogen) atoms. The number of carbonyl (C=O) groups excluding carboxylic acids is 1. The highest BCUT2D eigenvalue weighted by atomic mass is 19.3. The summed E-state index contributed by atoms with van der Waals surface area (Å²) < 4.78 is 29.8. The number of nitrogens with one attached hydrogen (secondary N) is 1. The predicted molar refractivity (Wildman–Crippen MR) is 74.0 cm³/mol. The zero-order valence-corrected chi connectivity index (χ0v) is 12.8. The lowest BCUT2D eigenvalue weighted by Gasteiger charge is -2.36. The van der Waals surface area contributed by atoms with Crippen molar-refractivity contribution in [2.24, 2.45) is 5.92 Å². The van der Waals surface area contributed by atoms with Gasteiger partial charge in [0.05, 0.1) is 6.54 Å². The van der Waals surface area contributed by atoms with Crippen LogP contribution in [-0.2, 0) is 4.74 Å². The fraction of sp³-hybridized carbons (Fsp3) is 0.929. The van der Waals surface area contributed by atoms with Crippen molar-refractivity contribution in [3.05, 3.63) is 0 Å². The number of nitrogens with zero attached hydrogens (tertiary/aromatic N) is 1. The standard InChI is InChI=1S/C14H26F2N2O2/c1-10(17-8-12(15)16)11-6-5-7-18(9-11)13(19)20-14(2,3)4/h10-12,17H,5-9H2,1-4H3. The molecule has 1 aliphatic heterocycles. The molecule has 1 aliphatic rings. The van der Waals surface area contributed by atoms with Crippen LogP contribution in [0.15, 0.2) is 0 Å². The van der Waals surface area contributed by atoms with Gasteiger partial charge in [0, 0.05) is 19.1 Å². The Balaban J connectivity index is 2.47. The number of alkyl halides is 2. The highest BCUT2D eigenvalue weighted by Crippen LogP contribution is 2.21. The third-order valence-corrected chi connectivity index (χ3v) is 3.41. The highest BCUT2D eigenvalue weighted by Gasteiger charge is 2.30. The Morgan fingerprint density at radius 1 is 1.45 bits per heavy atom. The molecule has 0 radical (unpaired) electrons. The Hall–Kier alpha value is -0.910. The number of halogens is 2. The Morgan fingerprint density at radius 2 is 2.10 bits per heavy atom. The number of rotatable bonds is 4. The van der Waals surface area contributed by atoms with Crippen LogP contribution in [0.4, 0.5) is 13.6 Å². The van der Waals surface area contributed by atoms with Crippen LogP contribution in [0.2, 0.25) is 0 Å². The molecule has 1 fully saturated rings. The molecular formula is C14H26F2N2O2. The summed E-state index contributed by atoms with van der Waals surface area (Å²) in [6.07, 6.45) is -0.840. The lowest BCUT2D eigenvalue weighted by atomic mass is 9.92. The van der Waals surface area contributed by atoms with Gasteiger partial charge in [-0.25, -0.2) is 13.6 Å². The van der Waals surface area contributed by atoms with Crippen molar-refractivity contribution >= 4 is 6.09 Å². The summed E-state index contributed by atoms with van der Waals surface area (Å²) in [6, 6.07) is -0.0331. The predicted octanol–water partition coefficient (Wildman–Crippen LogP) is 2.88. The van der Waals surface area contributed by atoms with Crippen molar-refractivity contribution in [3.63, 3.8) is 0 Å². The molecule has 1 N–H and O–H groups in total. The first kappa shape index (κ1) is 17.1. The smallest absolute Gasteiger partial charge is 0.410 e. The zero-order chi connectivity index (χ0) is 15.3. The molecule has 0 bridgehead atoms. The summed E-state index contributed by atoms with van der Waals surface area (Å²) in [6.45, 7) is 8.33. The molecule has 0 saturated carbocycles. The maximum atomic E-state index is 12.2. The van der Waals surface area contributed by atoms with E-state index in [4.69, 9.17) is 4.74 Å². The highest BCUT2D eigenvalue weighted by molar-refractivity contribution is 5.68. The van der Waals surface area contributed by atoms with Crippen molar-refractivity contribution in [2.45, 2.75) is 58.6 Å². The van der Waals surface area contributed by atoms with Crippen LogP contribution < -0.4 is 5.32 Å². The average Bonchev–Trinajstić information content (AvgIpc) is 2.34. The molecular weight excluding hydrogens is 266 g/mol. The molecule has 6 heteroatoms. The Morgan fingerprint density at radius 3 is 2.65 bits per heavy atom. The third kappa shape index (κ3) is 6.03. The minimum absolute atomic E-state index is 0.0331. The summed E-state index contributed by atoms with van der Waals surface area (Å²) in [5.41, 5.74) is -0.510.